The van der Waals surface area contributed by atoms with E-state index < -0.39 is 23.6 Å². The van der Waals surface area contributed by atoms with Gasteiger partial charge in [0.15, 0.2) is 11.6 Å². The normalized spacial score (nSPS) is 27.1. The number of likely N-dealkylation sites (tertiary alicyclic amines) is 1. The quantitative estimate of drug-likeness (QED) is 0.927. The van der Waals surface area contributed by atoms with Crippen molar-refractivity contribution in [3.8, 4) is 0 Å². The molecule has 0 spiro atoms. The molecule has 0 radical (unpaired) electrons. The van der Waals surface area contributed by atoms with E-state index in [2.05, 4.69) is 0 Å². The molecule has 23 heavy (non-hydrogen) atoms. The third kappa shape index (κ3) is 2.94. The number of amides is 1. The third-order valence-corrected chi connectivity index (χ3v) is 5.07. The average molecular weight is 323 g/mol. The van der Waals surface area contributed by atoms with E-state index in [0.717, 1.165) is 31.7 Å². The molecule has 124 valence electrons. The molecule has 0 aromatic heterocycles. The molecule has 3 atom stereocenters. The minimum Gasteiger partial charge on any atom is -0.481 e. The van der Waals surface area contributed by atoms with E-state index in [1.807, 2.05) is 0 Å². The molecule has 1 amide bonds. The van der Waals surface area contributed by atoms with Crippen LogP contribution in [0.5, 0.6) is 0 Å². The highest BCUT2D eigenvalue weighted by molar-refractivity contribution is 5.83. The number of carbonyl (C=O) groups excluding carboxylic acids is 1. The molecule has 1 aliphatic heterocycles. The molecular weight excluding hydrogens is 304 g/mol. The first-order valence-corrected chi connectivity index (χ1v) is 7.94. The van der Waals surface area contributed by atoms with Crippen LogP contribution in [0.25, 0.3) is 0 Å². The van der Waals surface area contributed by atoms with Gasteiger partial charge in [0, 0.05) is 24.1 Å². The van der Waals surface area contributed by atoms with Crippen LogP contribution in [0.2, 0.25) is 0 Å². The summed E-state index contributed by atoms with van der Waals surface area (Å²) in [7, 11) is 0. The predicted molar refractivity (Wildman–Crippen MR) is 78.4 cm³/mol. The molecule has 0 bridgehead atoms. The van der Waals surface area contributed by atoms with Gasteiger partial charge >= 0.3 is 5.97 Å². The third-order valence-electron chi connectivity index (χ3n) is 5.07. The number of hydrogen-bond acceptors (Lipinski definition) is 2. The SMILES string of the molecule is O=C(O)C[C@@H]1[C@@H]2CCCC[C@@H]2C(=O)N1Cc1cccc(F)c1F. The summed E-state index contributed by atoms with van der Waals surface area (Å²) in [5.74, 6) is -3.19. The zero-order chi connectivity index (χ0) is 16.6. The van der Waals surface area contributed by atoms with Gasteiger partial charge in [-0.3, -0.25) is 9.59 Å². The number of benzene rings is 1. The van der Waals surface area contributed by atoms with E-state index in [1.54, 1.807) is 0 Å². The Morgan fingerprint density at radius 2 is 2.00 bits per heavy atom. The molecular formula is C17H19F2NO3. The highest BCUT2D eigenvalue weighted by atomic mass is 19.2. The van der Waals surface area contributed by atoms with Crippen LogP contribution in [0, 0.1) is 23.5 Å². The molecule has 1 saturated heterocycles. The number of hydrogen-bond donors (Lipinski definition) is 1. The van der Waals surface area contributed by atoms with Crippen LogP contribution in [0.15, 0.2) is 18.2 Å². The molecule has 6 heteroatoms. The highest BCUT2D eigenvalue weighted by Gasteiger charge is 2.49. The predicted octanol–water partition coefficient (Wildman–Crippen LogP) is 2.96. The van der Waals surface area contributed by atoms with Crippen molar-refractivity contribution >= 4 is 11.9 Å². The Morgan fingerprint density at radius 3 is 2.74 bits per heavy atom. The maximum absolute atomic E-state index is 13.9. The minimum atomic E-state index is -0.973. The van der Waals surface area contributed by atoms with Gasteiger partial charge in [0.2, 0.25) is 5.91 Å². The van der Waals surface area contributed by atoms with Gasteiger partial charge in [-0.2, -0.15) is 0 Å². The fourth-order valence-corrected chi connectivity index (χ4v) is 4.02. The number of nitrogens with zero attached hydrogens (tertiary/aromatic N) is 1. The molecule has 1 aromatic carbocycles. The lowest BCUT2D eigenvalue weighted by atomic mass is 9.77. The Morgan fingerprint density at radius 1 is 1.26 bits per heavy atom. The molecule has 3 rings (SSSR count). The van der Waals surface area contributed by atoms with Gasteiger partial charge in [0.05, 0.1) is 6.42 Å². The Kier molecular flexibility index (Phi) is 4.33. The first kappa shape index (κ1) is 15.9. The Bertz CT molecular complexity index is 634. The standard InChI is InChI=1S/C17H19F2NO3/c18-13-7-3-4-10(16(13)19)9-20-14(8-15(21)22)11-5-1-2-6-12(11)17(20)23/h3-4,7,11-12,14H,1-2,5-6,8-9H2,(H,21,22)/t11-,12+,14-/m1/s1. The lowest BCUT2D eigenvalue weighted by molar-refractivity contribution is -0.139. The lowest BCUT2D eigenvalue weighted by Crippen LogP contribution is -2.36. The van der Waals surface area contributed by atoms with Crippen LogP contribution in [0.1, 0.15) is 37.7 Å². The van der Waals surface area contributed by atoms with E-state index in [0.29, 0.717) is 0 Å². The van der Waals surface area contributed by atoms with Gasteiger partial charge in [-0.25, -0.2) is 8.78 Å². The largest absolute Gasteiger partial charge is 0.481 e. The van der Waals surface area contributed by atoms with Crippen molar-refractivity contribution in [1.29, 1.82) is 0 Å². The molecule has 2 aliphatic rings. The number of fused-ring (bicyclic) bond motifs is 1. The van der Waals surface area contributed by atoms with E-state index in [4.69, 9.17) is 5.11 Å². The van der Waals surface area contributed by atoms with E-state index in [-0.39, 0.29) is 36.3 Å². The van der Waals surface area contributed by atoms with Crippen LogP contribution in [-0.4, -0.2) is 27.9 Å². The second-order valence-electron chi connectivity index (χ2n) is 6.40. The highest BCUT2D eigenvalue weighted by Crippen LogP contribution is 2.43. The Labute approximate surface area is 133 Å². The zero-order valence-corrected chi connectivity index (χ0v) is 12.7. The molecule has 1 aromatic rings. The van der Waals surface area contributed by atoms with Crippen LogP contribution >= 0.6 is 0 Å². The summed E-state index contributed by atoms with van der Waals surface area (Å²) in [5, 5.41) is 9.16. The smallest absolute Gasteiger partial charge is 0.305 e. The summed E-state index contributed by atoms with van der Waals surface area (Å²) in [6.45, 7) is -0.0760. The van der Waals surface area contributed by atoms with Crippen molar-refractivity contribution < 1.29 is 23.5 Å². The molecule has 2 fully saturated rings. The number of aliphatic carboxylic acids is 1. The van der Waals surface area contributed by atoms with Crippen LogP contribution in [0.3, 0.4) is 0 Å². The number of carbonyl (C=O) groups is 2. The van der Waals surface area contributed by atoms with Gasteiger partial charge in [-0.1, -0.05) is 25.0 Å². The van der Waals surface area contributed by atoms with Gasteiger partial charge in [0.25, 0.3) is 0 Å². The van der Waals surface area contributed by atoms with E-state index in [1.165, 1.54) is 17.0 Å². The first-order valence-electron chi connectivity index (χ1n) is 7.94. The topological polar surface area (TPSA) is 57.6 Å². The molecule has 4 nitrogen and oxygen atoms in total. The van der Waals surface area contributed by atoms with E-state index >= 15 is 0 Å². The van der Waals surface area contributed by atoms with Gasteiger partial charge in [-0.15, -0.1) is 0 Å². The summed E-state index contributed by atoms with van der Waals surface area (Å²) in [6.07, 6.45) is 3.35. The number of carboxylic acids is 1. The maximum atomic E-state index is 13.9. The van der Waals surface area contributed by atoms with Gasteiger partial charge in [0.1, 0.15) is 0 Å². The first-order chi connectivity index (χ1) is 11.0. The molecule has 1 heterocycles. The maximum Gasteiger partial charge on any atom is 0.305 e. The van der Waals surface area contributed by atoms with Crippen molar-refractivity contribution in [1.82, 2.24) is 4.90 Å². The molecule has 1 aliphatic carbocycles. The van der Waals surface area contributed by atoms with Crippen molar-refractivity contribution in [3.63, 3.8) is 0 Å². The summed E-state index contributed by atoms with van der Waals surface area (Å²) in [6, 6.07) is 3.42. The lowest BCUT2D eigenvalue weighted by Gasteiger charge is -2.29. The van der Waals surface area contributed by atoms with Crippen molar-refractivity contribution in [2.45, 2.75) is 44.7 Å². The van der Waals surface area contributed by atoms with Crippen LogP contribution in [-0.2, 0) is 16.1 Å². The van der Waals surface area contributed by atoms with E-state index in [9.17, 15) is 18.4 Å². The summed E-state index contributed by atoms with van der Waals surface area (Å²) >= 11 is 0. The minimum absolute atomic E-state index is 0.00368. The van der Waals surface area contributed by atoms with Crippen molar-refractivity contribution in [3.05, 3.63) is 35.4 Å². The fourth-order valence-electron chi connectivity index (χ4n) is 4.02. The molecule has 1 saturated carbocycles. The summed E-state index contributed by atoms with van der Waals surface area (Å²) in [4.78, 5) is 25.3. The molecule has 1 N–H and O–H groups in total. The Hall–Kier alpha value is -1.98. The number of rotatable bonds is 4. The van der Waals surface area contributed by atoms with Crippen LogP contribution in [0.4, 0.5) is 8.78 Å². The zero-order valence-electron chi connectivity index (χ0n) is 12.7. The second-order valence-corrected chi connectivity index (χ2v) is 6.40. The van der Waals surface area contributed by atoms with Gasteiger partial charge < -0.3 is 10.0 Å². The van der Waals surface area contributed by atoms with Crippen molar-refractivity contribution in [2.24, 2.45) is 11.8 Å². The number of carboxylic acid groups (broad SMARTS) is 1. The average Bonchev–Trinajstić information content (AvgIpc) is 2.77. The summed E-state index contributed by atoms with van der Waals surface area (Å²) in [5.41, 5.74) is 0.0902. The van der Waals surface area contributed by atoms with Crippen LogP contribution < -0.4 is 0 Å². The van der Waals surface area contributed by atoms with Gasteiger partial charge in [-0.05, 0) is 24.8 Å². The second kappa shape index (κ2) is 6.26. The number of halogens is 2. The Balaban J connectivity index is 1.89. The van der Waals surface area contributed by atoms with Crippen molar-refractivity contribution in [2.75, 3.05) is 0 Å². The molecule has 0 unspecified atom stereocenters. The fraction of sp³-hybridized carbons (Fsp3) is 0.529. The monoisotopic (exact) mass is 323 g/mol. The summed E-state index contributed by atoms with van der Waals surface area (Å²) < 4.78 is 27.3.